The van der Waals surface area contributed by atoms with E-state index in [1.165, 1.54) is 19.1 Å². The molecular formula is C23H18N4O3. The number of carbonyl (C=O) groups is 2. The molecular weight excluding hydrogens is 380 g/mol. The third-order valence-corrected chi connectivity index (χ3v) is 4.82. The second kappa shape index (κ2) is 7.71. The number of nitrogens with zero attached hydrogens (tertiary/aromatic N) is 3. The van der Waals surface area contributed by atoms with Crippen LogP contribution in [-0.4, -0.2) is 16.8 Å². The number of nitroso groups, excluding NO2 is 1. The Bertz CT molecular complexity index is 1180. The standard InChI is InChI=1S/C23H18N4O3/c1-14-8-9-18(13-24-14)25-22(16-6-4-3-5-7-16)21-19-11-10-17(26-30)12-20(19)27(15(2)28)23(21)29/h3-13,25H,1-2H3/b22-21-. The molecule has 2 heterocycles. The van der Waals surface area contributed by atoms with Gasteiger partial charge in [-0.2, -0.15) is 0 Å². The van der Waals surface area contributed by atoms with Crippen LogP contribution < -0.4 is 10.2 Å². The van der Waals surface area contributed by atoms with Crippen LogP contribution in [0.5, 0.6) is 0 Å². The Morgan fingerprint density at radius 2 is 1.83 bits per heavy atom. The molecule has 0 radical (unpaired) electrons. The molecule has 2 aromatic carbocycles. The first-order valence-corrected chi connectivity index (χ1v) is 9.32. The largest absolute Gasteiger partial charge is 0.353 e. The fraction of sp³-hybridized carbons (Fsp3) is 0.0870. The van der Waals surface area contributed by atoms with Gasteiger partial charge in [0.2, 0.25) is 5.91 Å². The molecule has 1 aliphatic rings. The van der Waals surface area contributed by atoms with Gasteiger partial charge in [0.05, 0.1) is 28.8 Å². The Balaban J connectivity index is 1.97. The maximum Gasteiger partial charge on any atom is 0.267 e. The second-order valence-corrected chi connectivity index (χ2v) is 6.88. The summed E-state index contributed by atoms with van der Waals surface area (Å²) in [6.07, 6.45) is 1.68. The van der Waals surface area contributed by atoms with Crippen molar-refractivity contribution in [1.29, 1.82) is 0 Å². The van der Waals surface area contributed by atoms with Gasteiger partial charge in [0, 0.05) is 18.2 Å². The number of nitrogens with one attached hydrogen (secondary N) is 1. The highest BCUT2D eigenvalue weighted by atomic mass is 16.3. The van der Waals surface area contributed by atoms with E-state index >= 15 is 0 Å². The SMILES string of the molecule is CC(=O)N1C(=O)/C(=C(\Nc2ccc(C)nc2)c2ccccc2)c2ccc(N=O)cc21. The molecule has 7 heteroatoms. The van der Waals surface area contributed by atoms with Crippen LogP contribution in [0.4, 0.5) is 17.1 Å². The van der Waals surface area contributed by atoms with Gasteiger partial charge in [0.25, 0.3) is 5.91 Å². The third-order valence-electron chi connectivity index (χ3n) is 4.82. The third kappa shape index (κ3) is 3.37. The number of pyridine rings is 1. The number of rotatable bonds is 4. The van der Waals surface area contributed by atoms with Crippen molar-refractivity contribution in [3.8, 4) is 0 Å². The highest BCUT2D eigenvalue weighted by molar-refractivity contribution is 6.43. The number of aryl methyl sites for hydroxylation is 1. The maximum absolute atomic E-state index is 13.3. The Hall–Kier alpha value is -4.13. The van der Waals surface area contributed by atoms with E-state index in [4.69, 9.17) is 0 Å². The fourth-order valence-corrected chi connectivity index (χ4v) is 3.43. The molecule has 148 valence electrons. The average Bonchev–Trinajstić information content (AvgIpc) is 3.05. The number of benzene rings is 2. The summed E-state index contributed by atoms with van der Waals surface area (Å²) < 4.78 is 0. The molecule has 1 N–H and O–H groups in total. The van der Waals surface area contributed by atoms with E-state index in [2.05, 4.69) is 15.5 Å². The second-order valence-electron chi connectivity index (χ2n) is 6.88. The molecule has 1 aliphatic heterocycles. The number of fused-ring (bicyclic) bond motifs is 1. The van der Waals surface area contributed by atoms with E-state index in [1.807, 2.05) is 49.4 Å². The predicted molar refractivity (Wildman–Crippen MR) is 116 cm³/mol. The van der Waals surface area contributed by atoms with Crippen LogP contribution in [0.3, 0.4) is 0 Å². The molecule has 0 saturated carbocycles. The average molecular weight is 398 g/mol. The number of carbonyl (C=O) groups excluding carboxylic acids is 2. The van der Waals surface area contributed by atoms with Crippen LogP contribution in [0.25, 0.3) is 11.3 Å². The van der Waals surface area contributed by atoms with Crippen molar-refractivity contribution < 1.29 is 9.59 Å². The first-order valence-electron chi connectivity index (χ1n) is 9.32. The minimum absolute atomic E-state index is 0.144. The van der Waals surface area contributed by atoms with Gasteiger partial charge < -0.3 is 5.32 Å². The normalized spacial score (nSPS) is 14.3. The zero-order chi connectivity index (χ0) is 21.3. The monoisotopic (exact) mass is 398 g/mol. The lowest BCUT2D eigenvalue weighted by Gasteiger charge is -2.15. The van der Waals surface area contributed by atoms with Crippen LogP contribution in [0.15, 0.2) is 72.0 Å². The molecule has 4 rings (SSSR count). The molecule has 0 spiro atoms. The van der Waals surface area contributed by atoms with Crippen LogP contribution in [0, 0.1) is 11.8 Å². The summed E-state index contributed by atoms with van der Waals surface area (Å²) in [7, 11) is 0. The summed E-state index contributed by atoms with van der Waals surface area (Å²) in [6, 6.07) is 17.7. The molecule has 0 aliphatic carbocycles. The first-order chi connectivity index (χ1) is 14.5. The zero-order valence-corrected chi connectivity index (χ0v) is 16.4. The van der Waals surface area contributed by atoms with Crippen molar-refractivity contribution >= 4 is 40.1 Å². The van der Waals surface area contributed by atoms with Crippen molar-refractivity contribution in [3.05, 3.63) is 88.6 Å². The summed E-state index contributed by atoms with van der Waals surface area (Å²) in [5.74, 6) is -0.907. The fourth-order valence-electron chi connectivity index (χ4n) is 3.43. The Labute approximate surface area is 173 Å². The van der Waals surface area contributed by atoms with Crippen LogP contribution in [0.1, 0.15) is 23.7 Å². The summed E-state index contributed by atoms with van der Waals surface area (Å²) in [5.41, 5.74) is 4.27. The number of imide groups is 1. The van der Waals surface area contributed by atoms with Crippen LogP contribution in [0.2, 0.25) is 0 Å². The van der Waals surface area contributed by atoms with E-state index in [9.17, 15) is 14.5 Å². The minimum atomic E-state index is -0.466. The number of amides is 2. The van der Waals surface area contributed by atoms with Gasteiger partial charge in [-0.3, -0.25) is 14.6 Å². The molecule has 0 atom stereocenters. The lowest BCUT2D eigenvalue weighted by molar-refractivity contribution is -0.122. The van der Waals surface area contributed by atoms with E-state index < -0.39 is 11.8 Å². The molecule has 30 heavy (non-hydrogen) atoms. The summed E-state index contributed by atoms with van der Waals surface area (Å²) in [4.78, 5) is 42.0. The van der Waals surface area contributed by atoms with E-state index in [1.54, 1.807) is 12.3 Å². The Morgan fingerprint density at radius 3 is 2.47 bits per heavy atom. The summed E-state index contributed by atoms with van der Waals surface area (Å²) in [5, 5.41) is 6.23. The van der Waals surface area contributed by atoms with Crippen LogP contribution >= 0.6 is 0 Å². The van der Waals surface area contributed by atoms with Gasteiger partial charge >= 0.3 is 0 Å². The van der Waals surface area contributed by atoms with E-state index in [0.29, 0.717) is 28.2 Å². The highest BCUT2D eigenvalue weighted by Gasteiger charge is 2.38. The smallest absolute Gasteiger partial charge is 0.267 e. The molecule has 7 nitrogen and oxygen atoms in total. The quantitative estimate of drug-likeness (QED) is 0.510. The molecule has 1 aromatic heterocycles. The van der Waals surface area contributed by atoms with Crippen molar-refractivity contribution in [2.75, 3.05) is 10.2 Å². The Morgan fingerprint density at radius 1 is 1.07 bits per heavy atom. The first kappa shape index (κ1) is 19.2. The predicted octanol–water partition coefficient (Wildman–Crippen LogP) is 4.66. The maximum atomic E-state index is 13.3. The topological polar surface area (TPSA) is 91.7 Å². The van der Waals surface area contributed by atoms with Crippen molar-refractivity contribution in [3.63, 3.8) is 0 Å². The van der Waals surface area contributed by atoms with E-state index in [0.717, 1.165) is 16.2 Å². The van der Waals surface area contributed by atoms with Gasteiger partial charge in [-0.25, -0.2) is 4.90 Å². The van der Waals surface area contributed by atoms with Crippen molar-refractivity contribution in [2.45, 2.75) is 13.8 Å². The number of hydrogen-bond donors (Lipinski definition) is 1. The highest BCUT2D eigenvalue weighted by Crippen LogP contribution is 2.42. The molecule has 0 saturated heterocycles. The molecule has 0 bridgehead atoms. The van der Waals surface area contributed by atoms with Gasteiger partial charge in [-0.1, -0.05) is 30.3 Å². The molecule has 0 unspecified atom stereocenters. The van der Waals surface area contributed by atoms with Crippen molar-refractivity contribution in [1.82, 2.24) is 4.98 Å². The summed E-state index contributed by atoms with van der Waals surface area (Å²) >= 11 is 0. The van der Waals surface area contributed by atoms with Crippen LogP contribution in [-0.2, 0) is 9.59 Å². The van der Waals surface area contributed by atoms with Crippen molar-refractivity contribution in [2.24, 2.45) is 5.18 Å². The summed E-state index contributed by atoms with van der Waals surface area (Å²) in [6.45, 7) is 3.20. The lowest BCUT2D eigenvalue weighted by Crippen LogP contribution is -2.31. The molecule has 2 amide bonds. The van der Waals surface area contributed by atoms with Gasteiger partial charge in [-0.05, 0) is 48.0 Å². The van der Waals surface area contributed by atoms with Gasteiger partial charge in [0.15, 0.2) is 0 Å². The lowest BCUT2D eigenvalue weighted by atomic mass is 10.00. The number of aromatic nitrogens is 1. The van der Waals surface area contributed by atoms with Gasteiger partial charge in [0.1, 0.15) is 5.69 Å². The zero-order valence-electron chi connectivity index (χ0n) is 16.4. The molecule has 3 aromatic rings. The Kier molecular flexibility index (Phi) is 4.93. The van der Waals surface area contributed by atoms with Gasteiger partial charge in [-0.15, -0.1) is 4.91 Å². The van der Waals surface area contributed by atoms with E-state index in [-0.39, 0.29) is 5.69 Å². The molecule has 0 fully saturated rings. The number of anilines is 2. The minimum Gasteiger partial charge on any atom is -0.353 e. The number of hydrogen-bond acceptors (Lipinski definition) is 6.